The van der Waals surface area contributed by atoms with Crippen LogP contribution in [0.2, 0.25) is 0 Å². The van der Waals surface area contributed by atoms with Gasteiger partial charge in [-0.15, -0.1) is 0 Å². The van der Waals surface area contributed by atoms with Gasteiger partial charge < -0.3 is 20.6 Å². The summed E-state index contributed by atoms with van der Waals surface area (Å²) in [5.41, 5.74) is 5.12. The van der Waals surface area contributed by atoms with Gasteiger partial charge in [-0.1, -0.05) is 12.1 Å². The number of allylic oxidation sites excluding steroid dienone is 1. The van der Waals surface area contributed by atoms with Crippen molar-refractivity contribution in [2.75, 3.05) is 61.5 Å². The lowest BCUT2D eigenvalue weighted by Crippen LogP contribution is -2.47. The molecule has 8 nitrogen and oxygen atoms in total. The summed E-state index contributed by atoms with van der Waals surface area (Å²) in [5.74, 6) is 0.594. The molecule has 0 amide bonds. The summed E-state index contributed by atoms with van der Waals surface area (Å²) < 4.78 is 0. The van der Waals surface area contributed by atoms with E-state index in [0.29, 0.717) is 12.5 Å². The van der Waals surface area contributed by atoms with Crippen LogP contribution in [0.15, 0.2) is 64.3 Å². The molecule has 1 saturated heterocycles. The summed E-state index contributed by atoms with van der Waals surface area (Å²) in [6.07, 6.45) is 5.32. The number of aliphatic imine (C=N–C) groups is 2. The number of aryl methyl sites for hydroxylation is 1. The van der Waals surface area contributed by atoms with E-state index >= 15 is 0 Å². The van der Waals surface area contributed by atoms with E-state index in [1.807, 2.05) is 24.3 Å². The molecule has 4 rings (SSSR count). The molecule has 188 valence electrons. The third-order valence-corrected chi connectivity index (χ3v) is 6.86. The molecular formula is C28H35N7O. The summed E-state index contributed by atoms with van der Waals surface area (Å²) >= 11 is 0. The lowest BCUT2D eigenvalue weighted by atomic mass is 9.97. The molecule has 2 aliphatic rings. The molecule has 2 fully saturated rings. The first-order chi connectivity index (χ1) is 17.6. The largest absolute Gasteiger partial charge is 0.395 e. The topological polar surface area (TPSA) is 99.3 Å². The molecule has 0 aromatic heterocycles. The Morgan fingerprint density at radius 2 is 1.97 bits per heavy atom. The third-order valence-electron chi connectivity index (χ3n) is 6.86. The van der Waals surface area contributed by atoms with Crippen molar-refractivity contribution in [1.29, 1.82) is 5.26 Å². The van der Waals surface area contributed by atoms with Crippen molar-refractivity contribution in [2.45, 2.75) is 25.2 Å². The van der Waals surface area contributed by atoms with Gasteiger partial charge in [0.2, 0.25) is 0 Å². The van der Waals surface area contributed by atoms with E-state index in [9.17, 15) is 5.26 Å². The first kappa shape index (κ1) is 25.4. The van der Waals surface area contributed by atoms with Gasteiger partial charge in [0.05, 0.1) is 18.1 Å². The van der Waals surface area contributed by atoms with Crippen molar-refractivity contribution in [1.82, 2.24) is 4.90 Å². The number of piperazine rings is 1. The van der Waals surface area contributed by atoms with E-state index < -0.39 is 0 Å². The zero-order chi connectivity index (χ0) is 25.4. The first-order valence-electron chi connectivity index (χ1n) is 12.5. The molecule has 0 spiro atoms. The van der Waals surface area contributed by atoms with E-state index in [1.54, 1.807) is 12.3 Å². The predicted octanol–water partition coefficient (Wildman–Crippen LogP) is 3.76. The number of nitrogens with one attached hydrogen (secondary N) is 2. The van der Waals surface area contributed by atoms with Crippen LogP contribution in [0.5, 0.6) is 0 Å². The number of benzene rings is 2. The van der Waals surface area contributed by atoms with Crippen molar-refractivity contribution >= 4 is 30.0 Å². The van der Waals surface area contributed by atoms with Crippen molar-refractivity contribution in [2.24, 2.45) is 9.98 Å². The number of aliphatic hydroxyl groups is 1. The molecule has 1 saturated carbocycles. The molecule has 2 aromatic rings. The number of anilines is 3. The van der Waals surface area contributed by atoms with E-state index in [-0.39, 0.29) is 12.0 Å². The van der Waals surface area contributed by atoms with Crippen molar-refractivity contribution < 1.29 is 5.11 Å². The average molecular weight is 486 g/mol. The van der Waals surface area contributed by atoms with Crippen LogP contribution in [0.25, 0.3) is 0 Å². The second kappa shape index (κ2) is 11.8. The molecule has 0 bridgehead atoms. The van der Waals surface area contributed by atoms with Crippen LogP contribution < -0.4 is 15.5 Å². The number of nitriles is 1. The minimum Gasteiger partial charge on any atom is -0.395 e. The average Bonchev–Trinajstić information content (AvgIpc) is 3.70. The Hall–Kier alpha value is -3.67. The van der Waals surface area contributed by atoms with E-state index in [2.05, 4.69) is 68.3 Å². The first-order valence-corrected chi connectivity index (χ1v) is 12.5. The SMILES string of the molecule is C=N/C(=C\C=NCNc1ccc(N2CCN(CCO)CC2)c(C)c1)Nc1cccc(C2(C#N)CC2)c1. The molecule has 1 heterocycles. The molecule has 1 aliphatic carbocycles. The fraction of sp³-hybridized carbons (Fsp3) is 0.393. The Labute approximate surface area is 213 Å². The number of hydrogen-bond acceptors (Lipinski definition) is 8. The van der Waals surface area contributed by atoms with Gasteiger partial charge in [-0.2, -0.15) is 5.26 Å². The van der Waals surface area contributed by atoms with Gasteiger partial charge in [-0.05, 0) is 74.0 Å². The van der Waals surface area contributed by atoms with Crippen molar-refractivity contribution in [3.63, 3.8) is 0 Å². The number of hydrogen-bond donors (Lipinski definition) is 3. The second-order valence-electron chi connectivity index (χ2n) is 9.33. The van der Waals surface area contributed by atoms with Gasteiger partial charge in [0.25, 0.3) is 0 Å². The molecule has 2 aromatic carbocycles. The highest BCUT2D eigenvalue weighted by atomic mass is 16.3. The van der Waals surface area contributed by atoms with E-state index in [0.717, 1.165) is 62.5 Å². The third kappa shape index (κ3) is 6.30. The predicted molar refractivity (Wildman–Crippen MR) is 148 cm³/mol. The van der Waals surface area contributed by atoms with Crippen molar-refractivity contribution in [3.8, 4) is 6.07 Å². The van der Waals surface area contributed by atoms with Crippen LogP contribution in [0.3, 0.4) is 0 Å². The zero-order valence-corrected chi connectivity index (χ0v) is 21.0. The van der Waals surface area contributed by atoms with E-state index in [4.69, 9.17) is 5.11 Å². The minimum absolute atomic E-state index is 0.220. The molecule has 0 unspecified atom stereocenters. The van der Waals surface area contributed by atoms with Gasteiger partial charge in [0.1, 0.15) is 12.5 Å². The fourth-order valence-corrected chi connectivity index (χ4v) is 4.55. The number of β-amino-alcohol motifs (C(OH)–C–C–N with tert-alkyl or cyclic N) is 1. The smallest absolute Gasteiger partial charge is 0.131 e. The number of nitrogens with zero attached hydrogens (tertiary/aromatic N) is 5. The Bertz CT molecular complexity index is 1150. The maximum Gasteiger partial charge on any atom is 0.131 e. The normalized spacial score (nSPS) is 17.6. The highest BCUT2D eigenvalue weighted by molar-refractivity contribution is 5.74. The number of aliphatic hydroxyl groups excluding tert-OH is 1. The maximum absolute atomic E-state index is 9.45. The second-order valence-corrected chi connectivity index (χ2v) is 9.33. The Balaban J connectivity index is 1.27. The lowest BCUT2D eigenvalue weighted by molar-refractivity contribution is 0.188. The van der Waals surface area contributed by atoms with Crippen LogP contribution in [0.1, 0.15) is 24.0 Å². The summed E-state index contributed by atoms with van der Waals surface area (Å²) in [7, 11) is 0. The minimum atomic E-state index is -0.317. The van der Waals surface area contributed by atoms with Crippen LogP contribution in [0, 0.1) is 18.3 Å². The zero-order valence-electron chi connectivity index (χ0n) is 21.0. The summed E-state index contributed by atoms with van der Waals surface area (Å²) in [5, 5.41) is 25.2. The Morgan fingerprint density at radius 1 is 1.17 bits per heavy atom. The molecule has 0 atom stereocenters. The highest BCUT2D eigenvalue weighted by Crippen LogP contribution is 2.47. The van der Waals surface area contributed by atoms with Crippen LogP contribution in [0.4, 0.5) is 17.1 Å². The molecule has 0 radical (unpaired) electrons. The van der Waals surface area contributed by atoms with Crippen LogP contribution >= 0.6 is 0 Å². The monoisotopic (exact) mass is 485 g/mol. The molecule has 8 heteroatoms. The summed E-state index contributed by atoms with van der Waals surface area (Å²) in [4.78, 5) is 13.2. The van der Waals surface area contributed by atoms with Gasteiger partial charge >= 0.3 is 0 Å². The Kier molecular flexibility index (Phi) is 8.36. The van der Waals surface area contributed by atoms with Gasteiger partial charge in [-0.25, -0.2) is 4.99 Å². The summed E-state index contributed by atoms with van der Waals surface area (Å²) in [6.45, 7) is 11.1. The highest BCUT2D eigenvalue weighted by Gasteiger charge is 2.44. The van der Waals surface area contributed by atoms with Gasteiger partial charge in [0, 0.05) is 56.0 Å². The molecular weight excluding hydrogens is 450 g/mol. The Morgan fingerprint density at radius 3 is 2.64 bits per heavy atom. The van der Waals surface area contributed by atoms with Crippen LogP contribution in [-0.4, -0.2) is 68.9 Å². The maximum atomic E-state index is 9.45. The molecule has 1 aliphatic heterocycles. The summed E-state index contributed by atoms with van der Waals surface area (Å²) in [6, 6.07) is 16.8. The standard InChI is InChI=1S/C28H35N7O/c1-22-18-24(6-7-26(22)35-14-12-34(13-15-35)16-17-36)32-21-31-11-8-27(30-2)33-25-5-3-4-23(19-25)28(20-29)9-10-28/h3-8,11,18-19,32-33,36H,2,9-10,12-17,21H2,1H3/b27-8+,31-11?. The molecule has 36 heavy (non-hydrogen) atoms. The van der Waals surface area contributed by atoms with Crippen molar-refractivity contribution in [3.05, 3.63) is 65.5 Å². The number of rotatable bonds is 11. The van der Waals surface area contributed by atoms with Gasteiger partial charge in [-0.3, -0.25) is 9.89 Å². The molecule has 3 N–H and O–H groups in total. The van der Waals surface area contributed by atoms with Crippen LogP contribution in [-0.2, 0) is 5.41 Å². The lowest BCUT2D eigenvalue weighted by Gasteiger charge is -2.36. The van der Waals surface area contributed by atoms with E-state index in [1.165, 1.54) is 11.3 Å². The van der Waals surface area contributed by atoms with Gasteiger partial charge in [0.15, 0.2) is 0 Å². The fourth-order valence-electron chi connectivity index (χ4n) is 4.55. The quantitative estimate of drug-likeness (QED) is 0.419.